The Balaban J connectivity index is 1.81. The highest BCUT2D eigenvalue weighted by atomic mass is 32.1. The molecule has 3 rings (SSSR count). The van der Waals surface area contributed by atoms with Crippen molar-refractivity contribution in [2.45, 2.75) is 37.8 Å². The smallest absolute Gasteiger partial charge is 0.243 e. The molecule has 0 spiro atoms. The molecule has 2 aliphatic heterocycles. The van der Waals surface area contributed by atoms with Gasteiger partial charge in [-0.05, 0) is 43.2 Å². The Morgan fingerprint density at radius 1 is 1.53 bits per heavy atom. The summed E-state index contributed by atoms with van der Waals surface area (Å²) < 4.78 is 5.32. The molecular weight excluding hydrogens is 260 g/mol. The minimum absolute atomic E-state index is 0.0974. The predicted molar refractivity (Wildman–Crippen MR) is 75.1 cm³/mol. The third kappa shape index (κ3) is 2.20. The number of nitrogens with zero attached hydrogens (tertiary/aromatic N) is 1. The number of hydrogen-bond donors (Lipinski definition) is 1. The Morgan fingerprint density at radius 3 is 3.00 bits per heavy atom. The monoisotopic (exact) mass is 280 g/mol. The molecule has 104 valence electrons. The quantitative estimate of drug-likeness (QED) is 0.852. The summed E-state index contributed by atoms with van der Waals surface area (Å²) in [7, 11) is 0. The van der Waals surface area contributed by atoms with Gasteiger partial charge in [-0.3, -0.25) is 4.79 Å². The number of carbonyl (C=O) groups excluding carboxylic acids is 1. The summed E-state index contributed by atoms with van der Waals surface area (Å²) in [5, 5.41) is 2.11. The normalized spacial score (nSPS) is 26.0. The van der Waals surface area contributed by atoms with Gasteiger partial charge >= 0.3 is 0 Å². The first-order valence-corrected chi connectivity index (χ1v) is 7.74. The first-order valence-electron chi connectivity index (χ1n) is 6.86. The van der Waals surface area contributed by atoms with Gasteiger partial charge in [0.1, 0.15) is 0 Å². The molecule has 4 nitrogen and oxygen atoms in total. The SMILES string of the molecule is CC1c2ccsc2CCN1C(=O)C1(N)CCOCC1. The van der Waals surface area contributed by atoms with Gasteiger partial charge in [0.15, 0.2) is 0 Å². The summed E-state index contributed by atoms with van der Waals surface area (Å²) in [6.07, 6.45) is 2.22. The van der Waals surface area contributed by atoms with Crippen LogP contribution in [0.1, 0.15) is 36.2 Å². The molecule has 1 fully saturated rings. The molecule has 0 radical (unpaired) electrons. The Hall–Kier alpha value is -0.910. The molecule has 1 atom stereocenters. The van der Waals surface area contributed by atoms with Crippen molar-refractivity contribution in [3.8, 4) is 0 Å². The fourth-order valence-corrected chi connectivity index (χ4v) is 3.99. The van der Waals surface area contributed by atoms with Gasteiger partial charge in [0, 0.05) is 24.6 Å². The number of nitrogens with two attached hydrogens (primary N) is 1. The van der Waals surface area contributed by atoms with Crippen molar-refractivity contribution in [2.75, 3.05) is 19.8 Å². The Kier molecular flexibility index (Phi) is 3.37. The summed E-state index contributed by atoms with van der Waals surface area (Å²) in [5.74, 6) is 0.0974. The predicted octanol–water partition coefficient (Wildman–Crippen LogP) is 1.70. The van der Waals surface area contributed by atoms with Crippen molar-refractivity contribution in [1.29, 1.82) is 0 Å². The van der Waals surface area contributed by atoms with E-state index < -0.39 is 5.54 Å². The van der Waals surface area contributed by atoms with Crippen LogP contribution in [0.25, 0.3) is 0 Å². The van der Waals surface area contributed by atoms with Crippen molar-refractivity contribution >= 4 is 17.2 Å². The second-order valence-corrected chi connectivity index (χ2v) is 6.49. The summed E-state index contributed by atoms with van der Waals surface area (Å²) in [6.45, 7) is 4.07. The van der Waals surface area contributed by atoms with Crippen LogP contribution in [0.3, 0.4) is 0 Å². The lowest BCUT2D eigenvalue weighted by molar-refractivity contribution is -0.143. The van der Waals surface area contributed by atoms with Crippen LogP contribution in [0.2, 0.25) is 0 Å². The number of carbonyl (C=O) groups is 1. The Labute approximate surface area is 117 Å². The van der Waals surface area contributed by atoms with E-state index >= 15 is 0 Å². The topological polar surface area (TPSA) is 55.6 Å². The lowest BCUT2D eigenvalue weighted by Crippen LogP contribution is -2.59. The van der Waals surface area contributed by atoms with Gasteiger partial charge in [-0.2, -0.15) is 0 Å². The summed E-state index contributed by atoms with van der Waals surface area (Å²) in [5.41, 5.74) is 6.89. The maximum atomic E-state index is 12.8. The molecular formula is C14H20N2O2S. The van der Waals surface area contributed by atoms with E-state index in [0.717, 1.165) is 13.0 Å². The van der Waals surface area contributed by atoms with Crippen LogP contribution < -0.4 is 5.73 Å². The third-order valence-electron chi connectivity index (χ3n) is 4.35. The minimum Gasteiger partial charge on any atom is -0.381 e. The first kappa shape index (κ1) is 13.1. The fourth-order valence-electron chi connectivity index (χ4n) is 3.02. The van der Waals surface area contributed by atoms with Gasteiger partial charge in [0.05, 0.1) is 11.6 Å². The fraction of sp³-hybridized carbons (Fsp3) is 0.643. The molecule has 0 saturated carbocycles. The van der Waals surface area contributed by atoms with Crippen molar-refractivity contribution in [3.63, 3.8) is 0 Å². The average Bonchev–Trinajstić information content (AvgIpc) is 2.88. The highest BCUT2D eigenvalue weighted by molar-refractivity contribution is 7.10. The standard InChI is InChI=1S/C14H20N2O2S/c1-10-11-3-9-19-12(11)2-6-16(10)13(17)14(15)4-7-18-8-5-14/h3,9-10H,2,4-8,15H2,1H3. The lowest BCUT2D eigenvalue weighted by Gasteiger charge is -2.41. The zero-order chi connectivity index (χ0) is 13.5. The third-order valence-corrected chi connectivity index (χ3v) is 5.35. The van der Waals surface area contributed by atoms with Crippen LogP contribution in [0, 0.1) is 0 Å². The summed E-state index contributed by atoms with van der Waals surface area (Å²) in [6, 6.07) is 2.28. The second kappa shape index (κ2) is 4.89. The van der Waals surface area contributed by atoms with E-state index in [2.05, 4.69) is 18.4 Å². The van der Waals surface area contributed by atoms with E-state index in [9.17, 15) is 4.79 Å². The summed E-state index contributed by atoms with van der Waals surface area (Å²) >= 11 is 1.79. The van der Waals surface area contributed by atoms with Crippen molar-refractivity contribution < 1.29 is 9.53 Å². The van der Waals surface area contributed by atoms with Crippen molar-refractivity contribution in [1.82, 2.24) is 4.90 Å². The minimum atomic E-state index is -0.722. The maximum absolute atomic E-state index is 12.8. The van der Waals surface area contributed by atoms with Gasteiger partial charge in [0.25, 0.3) is 0 Å². The zero-order valence-electron chi connectivity index (χ0n) is 11.2. The van der Waals surface area contributed by atoms with E-state index in [1.807, 2.05) is 4.90 Å². The highest BCUT2D eigenvalue weighted by Gasteiger charge is 2.41. The van der Waals surface area contributed by atoms with Crippen molar-refractivity contribution in [3.05, 3.63) is 21.9 Å². The van der Waals surface area contributed by atoms with E-state index in [1.165, 1.54) is 10.4 Å². The number of hydrogen-bond acceptors (Lipinski definition) is 4. The zero-order valence-corrected chi connectivity index (χ0v) is 12.0. The van der Waals surface area contributed by atoms with E-state index in [-0.39, 0.29) is 11.9 Å². The molecule has 19 heavy (non-hydrogen) atoms. The van der Waals surface area contributed by atoms with Crippen LogP contribution in [0.4, 0.5) is 0 Å². The molecule has 2 aliphatic rings. The number of ether oxygens (including phenoxy) is 1. The molecule has 0 aromatic carbocycles. The number of amides is 1. The van der Waals surface area contributed by atoms with Crippen LogP contribution >= 0.6 is 11.3 Å². The molecule has 1 aromatic heterocycles. The number of rotatable bonds is 1. The molecule has 5 heteroatoms. The summed E-state index contributed by atoms with van der Waals surface area (Å²) in [4.78, 5) is 16.1. The van der Waals surface area contributed by atoms with Crippen LogP contribution in [-0.2, 0) is 16.0 Å². The Bertz CT molecular complexity index is 480. The lowest BCUT2D eigenvalue weighted by atomic mass is 9.88. The van der Waals surface area contributed by atoms with Gasteiger partial charge in [-0.15, -0.1) is 11.3 Å². The first-order chi connectivity index (χ1) is 9.12. The largest absolute Gasteiger partial charge is 0.381 e. The van der Waals surface area contributed by atoms with E-state index in [1.54, 1.807) is 11.3 Å². The molecule has 1 amide bonds. The maximum Gasteiger partial charge on any atom is 0.243 e. The van der Waals surface area contributed by atoms with Gasteiger partial charge in [-0.25, -0.2) is 0 Å². The average molecular weight is 280 g/mol. The van der Waals surface area contributed by atoms with Crippen LogP contribution in [-0.4, -0.2) is 36.1 Å². The number of thiophene rings is 1. The molecule has 1 aromatic rings. The van der Waals surface area contributed by atoms with E-state index in [0.29, 0.717) is 26.1 Å². The molecule has 0 aliphatic carbocycles. The van der Waals surface area contributed by atoms with Crippen LogP contribution in [0.15, 0.2) is 11.4 Å². The molecule has 2 N–H and O–H groups in total. The molecule has 0 bridgehead atoms. The van der Waals surface area contributed by atoms with Gasteiger partial charge in [0.2, 0.25) is 5.91 Å². The number of fused-ring (bicyclic) bond motifs is 1. The van der Waals surface area contributed by atoms with E-state index in [4.69, 9.17) is 10.5 Å². The molecule has 1 saturated heterocycles. The molecule has 1 unspecified atom stereocenters. The highest BCUT2D eigenvalue weighted by Crippen LogP contribution is 2.35. The van der Waals surface area contributed by atoms with Gasteiger partial charge in [-0.1, -0.05) is 0 Å². The molecule has 3 heterocycles. The Morgan fingerprint density at radius 2 is 2.26 bits per heavy atom. The van der Waals surface area contributed by atoms with Gasteiger partial charge < -0.3 is 15.4 Å². The van der Waals surface area contributed by atoms with Crippen LogP contribution in [0.5, 0.6) is 0 Å². The van der Waals surface area contributed by atoms with Crippen molar-refractivity contribution in [2.24, 2.45) is 5.73 Å². The second-order valence-electron chi connectivity index (χ2n) is 5.49.